The van der Waals surface area contributed by atoms with Crippen molar-refractivity contribution >= 4 is 27.0 Å². The predicted molar refractivity (Wildman–Crippen MR) is 76.9 cm³/mol. The van der Waals surface area contributed by atoms with Crippen molar-refractivity contribution in [2.45, 2.75) is 13.3 Å². The molecule has 0 amide bonds. The van der Waals surface area contributed by atoms with Crippen molar-refractivity contribution < 1.29 is 8.42 Å². The zero-order chi connectivity index (χ0) is 14.6. The fourth-order valence-corrected chi connectivity index (χ4v) is 2.85. The highest BCUT2D eigenvalue weighted by molar-refractivity contribution is 7.88. The Balaban J connectivity index is 1.89. The number of hydrogen-bond donors (Lipinski definition) is 2. The molecule has 2 heterocycles. The molecule has 2 N–H and O–H groups in total. The molecular weight excluding hydrogens is 280 g/mol. The van der Waals surface area contributed by atoms with E-state index in [4.69, 9.17) is 0 Å². The SMILES string of the molecule is CCN(CCCNc1ncnc2nc[nH]c12)S(C)(=O)=O. The first-order chi connectivity index (χ1) is 9.52. The van der Waals surface area contributed by atoms with E-state index in [0.29, 0.717) is 37.5 Å². The largest absolute Gasteiger partial charge is 0.368 e. The van der Waals surface area contributed by atoms with Crippen LogP contribution in [0.1, 0.15) is 13.3 Å². The Morgan fingerprint density at radius 2 is 2.15 bits per heavy atom. The molecule has 0 unspecified atom stereocenters. The van der Waals surface area contributed by atoms with Crippen LogP contribution in [0.15, 0.2) is 12.7 Å². The van der Waals surface area contributed by atoms with Crippen molar-refractivity contribution in [3.63, 3.8) is 0 Å². The first-order valence-electron chi connectivity index (χ1n) is 6.35. The first-order valence-corrected chi connectivity index (χ1v) is 8.20. The third-order valence-corrected chi connectivity index (χ3v) is 4.30. The van der Waals surface area contributed by atoms with E-state index in [1.165, 1.54) is 16.9 Å². The van der Waals surface area contributed by atoms with E-state index in [1.54, 1.807) is 6.33 Å². The summed E-state index contributed by atoms with van der Waals surface area (Å²) in [5.41, 5.74) is 1.36. The minimum Gasteiger partial charge on any atom is -0.368 e. The quantitative estimate of drug-likeness (QED) is 0.719. The number of nitrogens with one attached hydrogen (secondary N) is 2. The summed E-state index contributed by atoms with van der Waals surface area (Å²) < 4.78 is 24.3. The molecule has 2 rings (SSSR count). The second-order valence-electron chi connectivity index (χ2n) is 4.36. The lowest BCUT2D eigenvalue weighted by Gasteiger charge is -2.17. The number of sulfonamides is 1. The average Bonchev–Trinajstić information content (AvgIpc) is 2.86. The van der Waals surface area contributed by atoms with Crippen molar-refractivity contribution in [3.05, 3.63) is 12.7 Å². The summed E-state index contributed by atoms with van der Waals surface area (Å²) >= 11 is 0. The van der Waals surface area contributed by atoms with Gasteiger partial charge in [0.05, 0.1) is 12.6 Å². The molecule has 0 saturated heterocycles. The van der Waals surface area contributed by atoms with Crippen molar-refractivity contribution in [1.82, 2.24) is 24.2 Å². The van der Waals surface area contributed by atoms with Crippen LogP contribution < -0.4 is 5.32 Å². The summed E-state index contributed by atoms with van der Waals surface area (Å²) in [6.45, 7) is 3.42. The number of imidazole rings is 1. The molecule has 0 radical (unpaired) electrons. The number of nitrogens with zero attached hydrogens (tertiary/aromatic N) is 4. The van der Waals surface area contributed by atoms with Gasteiger partial charge in [0.15, 0.2) is 11.5 Å². The number of H-pyrrole nitrogens is 1. The van der Waals surface area contributed by atoms with Gasteiger partial charge in [-0.1, -0.05) is 6.92 Å². The monoisotopic (exact) mass is 298 g/mol. The topological polar surface area (TPSA) is 104 Å². The zero-order valence-corrected chi connectivity index (χ0v) is 12.3. The lowest BCUT2D eigenvalue weighted by Crippen LogP contribution is -2.31. The minimum atomic E-state index is -3.12. The normalized spacial score (nSPS) is 12.2. The molecule has 2 aromatic rings. The summed E-state index contributed by atoms with van der Waals surface area (Å²) in [5.74, 6) is 0.676. The predicted octanol–water partition coefficient (Wildman–Crippen LogP) is 0.436. The molecule has 110 valence electrons. The fourth-order valence-electron chi connectivity index (χ4n) is 1.92. The van der Waals surface area contributed by atoms with E-state index in [1.807, 2.05) is 6.92 Å². The number of rotatable bonds is 7. The van der Waals surface area contributed by atoms with Crippen LogP contribution in [0.5, 0.6) is 0 Å². The molecule has 9 heteroatoms. The summed E-state index contributed by atoms with van der Waals surface area (Å²) in [4.78, 5) is 15.2. The van der Waals surface area contributed by atoms with Gasteiger partial charge in [-0.05, 0) is 6.42 Å². The Morgan fingerprint density at radius 3 is 2.85 bits per heavy atom. The Kier molecular flexibility index (Phi) is 4.50. The molecule has 0 bridgehead atoms. The molecule has 8 nitrogen and oxygen atoms in total. The van der Waals surface area contributed by atoms with Gasteiger partial charge in [-0.2, -0.15) is 0 Å². The van der Waals surface area contributed by atoms with Gasteiger partial charge in [0.1, 0.15) is 11.8 Å². The molecule has 2 aromatic heterocycles. The highest BCUT2D eigenvalue weighted by Crippen LogP contribution is 2.14. The second kappa shape index (κ2) is 6.14. The Bertz CT molecular complexity index is 668. The van der Waals surface area contributed by atoms with Gasteiger partial charge in [0.2, 0.25) is 10.0 Å². The van der Waals surface area contributed by atoms with Gasteiger partial charge in [-0.15, -0.1) is 0 Å². The number of aromatic nitrogens is 4. The van der Waals surface area contributed by atoms with E-state index >= 15 is 0 Å². The Labute approximate surface area is 117 Å². The van der Waals surface area contributed by atoms with Gasteiger partial charge < -0.3 is 10.3 Å². The first kappa shape index (κ1) is 14.7. The average molecular weight is 298 g/mol. The number of fused-ring (bicyclic) bond motifs is 1. The molecule has 0 atom stereocenters. The summed E-state index contributed by atoms with van der Waals surface area (Å²) in [6, 6.07) is 0. The third kappa shape index (κ3) is 3.42. The van der Waals surface area contributed by atoms with E-state index in [0.717, 1.165) is 5.52 Å². The van der Waals surface area contributed by atoms with E-state index in [9.17, 15) is 8.42 Å². The molecular formula is C11H18N6O2S. The van der Waals surface area contributed by atoms with Gasteiger partial charge in [-0.3, -0.25) is 0 Å². The van der Waals surface area contributed by atoms with Gasteiger partial charge in [-0.25, -0.2) is 27.7 Å². The smallest absolute Gasteiger partial charge is 0.211 e. The lowest BCUT2D eigenvalue weighted by molar-refractivity contribution is 0.428. The van der Waals surface area contributed by atoms with Gasteiger partial charge in [0.25, 0.3) is 0 Å². The van der Waals surface area contributed by atoms with Crippen LogP contribution in [0.2, 0.25) is 0 Å². The second-order valence-corrected chi connectivity index (χ2v) is 6.34. The van der Waals surface area contributed by atoms with E-state index < -0.39 is 10.0 Å². The van der Waals surface area contributed by atoms with Crippen LogP contribution in [0, 0.1) is 0 Å². The molecule has 0 aliphatic heterocycles. The Morgan fingerprint density at radius 1 is 1.35 bits per heavy atom. The van der Waals surface area contributed by atoms with Crippen LogP contribution >= 0.6 is 0 Å². The molecule has 20 heavy (non-hydrogen) atoms. The molecule has 0 aromatic carbocycles. The van der Waals surface area contributed by atoms with Crippen molar-refractivity contribution in [3.8, 4) is 0 Å². The third-order valence-electron chi connectivity index (χ3n) is 2.92. The molecule has 0 saturated carbocycles. The number of aromatic amines is 1. The van der Waals surface area contributed by atoms with Crippen molar-refractivity contribution in [1.29, 1.82) is 0 Å². The summed E-state index contributed by atoms with van der Waals surface area (Å²) in [6.07, 6.45) is 4.93. The zero-order valence-electron chi connectivity index (χ0n) is 11.5. The molecule has 0 spiro atoms. The van der Waals surface area contributed by atoms with Gasteiger partial charge >= 0.3 is 0 Å². The van der Waals surface area contributed by atoms with Crippen molar-refractivity contribution in [2.24, 2.45) is 0 Å². The van der Waals surface area contributed by atoms with Crippen LogP contribution in [-0.2, 0) is 10.0 Å². The molecule has 0 fully saturated rings. The van der Waals surface area contributed by atoms with Crippen molar-refractivity contribution in [2.75, 3.05) is 31.2 Å². The number of anilines is 1. The number of hydrogen-bond acceptors (Lipinski definition) is 6. The highest BCUT2D eigenvalue weighted by Gasteiger charge is 2.13. The highest BCUT2D eigenvalue weighted by atomic mass is 32.2. The maximum atomic E-state index is 11.4. The fraction of sp³-hybridized carbons (Fsp3) is 0.545. The lowest BCUT2D eigenvalue weighted by atomic mass is 10.4. The van der Waals surface area contributed by atoms with Crippen LogP contribution in [0.4, 0.5) is 5.82 Å². The van der Waals surface area contributed by atoms with Crippen LogP contribution in [-0.4, -0.2) is 58.5 Å². The molecule has 0 aliphatic rings. The van der Waals surface area contributed by atoms with Crippen LogP contribution in [0.3, 0.4) is 0 Å². The van der Waals surface area contributed by atoms with E-state index in [2.05, 4.69) is 25.3 Å². The summed E-state index contributed by atoms with van der Waals surface area (Å²) in [7, 11) is -3.12. The maximum Gasteiger partial charge on any atom is 0.211 e. The standard InChI is InChI=1S/C11H18N6O2S/c1-3-17(20(2,18)19)6-4-5-12-10-9-11(14-7-13-9)16-8-15-10/h7-8H,3-6H2,1-2H3,(H2,12,13,14,15,16). The minimum absolute atomic E-state index is 0.483. The van der Waals surface area contributed by atoms with E-state index in [-0.39, 0.29) is 0 Å². The molecule has 0 aliphatic carbocycles. The maximum absolute atomic E-state index is 11.4. The van der Waals surface area contributed by atoms with Crippen LogP contribution in [0.25, 0.3) is 11.2 Å². The van der Waals surface area contributed by atoms with Gasteiger partial charge in [0, 0.05) is 19.6 Å². The Hall–Kier alpha value is -1.74. The summed E-state index contributed by atoms with van der Waals surface area (Å²) in [5, 5.41) is 3.16.